The summed E-state index contributed by atoms with van der Waals surface area (Å²) in [5.74, 6) is -0.573. The molecule has 1 N–H and O–H groups in total. The monoisotopic (exact) mass is 391 g/mol. The molecule has 0 spiro atoms. The molecule has 0 saturated heterocycles. The van der Waals surface area contributed by atoms with E-state index in [1.807, 2.05) is 0 Å². The van der Waals surface area contributed by atoms with Crippen LogP contribution in [0.3, 0.4) is 0 Å². The number of ether oxygens (including phenoxy) is 2. The minimum absolute atomic E-state index is 0.0837. The molecule has 1 amide bonds. The first-order valence-electron chi connectivity index (χ1n) is 7.75. The van der Waals surface area contributed by atoms with Gasteiger partial charge < -0.3 is 19.7 Å². The van der Waals surface area contributed by atoms with Crippen molar-refractivity contribution < 1.29 is 24.0 Å². The molecule has 1 aliphatic rings. The number of benzene rings is 2. The van der Waals surface area contributed by atoms with Crippen LogP contribution in [0.5, 0.6) is 11.5 Å². The molecular weight excluding hydrogens is 378 g/mol. The van der Waals surface area contributed by atoms with Crippen LogP contribution in [-0.2, 0) is 9.59 Å². The second-order valence-electron chi connectivity index (χ2n) is 5.63. The van der Waals surface area contributed by atoms with Gasteiger partial charge in [0, 0.05) is 16.8 Å². The number of nitro benzene ring substituents is 1. The van der Waals surface area contributed by atoms with Gasteiger partial charge in [-0.2, -0.15) is 0 Å². The number of fused-ring (bicyclic) bond motifs is 1. The molecule has 9 nitrogen and oxygen atoms in total. The Bertz CT molecular complexity index is 933. The molecule has 0 saturated carbocycles. The van der Waals surface area contributed by atoms with E-state index < -0.39 is 16.8 Å². The number of hydrogen-bond acceptors (Lipinski definition) is 7. The Labute approximate surface area is 158 Å². The van der Waals surface area contributed by atoms with Crippen LogP contribution in [-0.4, -0.2) is 37.0 Å². The summed E-state index contributed by atoms with van der Waals surface area (Å²) in [6.45, 7) is -0.286. The number of halogens is 1. The third-order valence-corrected chi connectivity index (χ3v) is 4.03. The number of amides is 1. The highest BCUT2D eigenvalue weighted by atomic mass is 35.5. The lowest BCUT2D eigenvalue weighted by Crippen LogP contribution is -2.41. The summed E-state index contributed by atoms with van der Waals surface area (Å²) in [5, 5.41) is 14.1. The molecule has 0 bridgehead atoms. The molecule has 0 radical (unpaired) electrons. The molecule has 0 aliphatic carbocycles. The van der Waals surface area contributed by atoms with Gasteiger partial charge in [-0.25, -0.2) is 4.79 Å². The van der Waals surface area contributed by atoms with Crippen molar-refractivity contribution in [2.45, 2.75) is 0 Å². The smallest absolute Gasteiger partial charge is 0.331 e. The SMILES string of the molecule is COc1ccc(NC(=O)CN2CC(=O)Oc3ccc(Cl)cc32)cc1[N+](=O)[O-]. The lowest BCUT2D eigenvalue weighted by molar-refractivity contribution is -0.385. The minimum atomic E-state index is -0.604. The number of hydrogen-bond donors (Lipinski definition) is 1. The van der Waals surface area contributed by atoms with Crippen molar-refractivity contribution in [1.29, 1.82) is 0 Å². The summed E-state index contributed by atoms with van der Waals surface area (Å²) in [7, 11) is 1.32. The van der Waals surface area contributed by atoms with Crippen molar-refractivity contribution in [2.75, 3.05) is 30.4 Å². The summed E-state index contributed by atoms with van der Waals surface area (Å²) in [5.41, 5.74) is 0.477. The largest absolute Gasteiger partial charge is 0.490 e. The van der Waals surface area contributed by atoms with Gasteiger partial charge in [0.2, 0.25) is 5.91 Å². The second kappa shape index (κ2) is 7.50. The molecule has 0 unspecified atom stereocenters. The van der Waals surface area contributed by atoms with Crippen LogP contribution in [0, 0.1) is 10.1 Å². The Balaban J connectivity index is 1.77. The van der Waals surface area contributed by atoms with Crippen molar-refractivity contribution in [1.82, 2.24) is 0 Å². The van der Waals surface area contributed by atoms with E-state index in [1.165, 1.54) is 30.2 Å². The molecule has 2 aromatic carbocycles. The molecule has 1 heterocycles. The fraction of sp³-hybridized carbons (Fsp3) is 0.176. The number of carbonyl (C=O) groups excluding carboxylic acids is 2. The lowest BCUT2D eigenvalue weighted by atomic mass is 10.2. The molecule has 2 aromatic rings. The van der Waals surface area contributed by atoms with Gasteiger partial charge in [-0.3, -0.25) is 14.9 Å². The van der Waals surface area contributed by atoms with Crippen molar-refractivity contribution in [3.8, 4) is 11.5 Å². The topological polar surface area (TPSA) is 111 Å². The number of anilines is 2. The van der Waals surface area contributed by atoms with Gasteiger partial charge in [0.25, 0.3) is 0 Å². The Morgan fingerprint density at radius 1 is 1.37 bits per heavy atom. The van der Waals surface area contributed by atoms with Crippen LogP contribution < -0.4 is 19.7 Å². The van der Waals surface area contributed by atoms with E-state index in [2.05, 4.69) is 5.32 Å². The Morgan fingerprint density at radius 2 is 2.15 bits per heavy atom. The van der Waals surface area contributed by atoms with E-state index in [4.69, 9.17) is 21.1 Å². The van der Waals surface area contributed by atoms with Gasteiger partial charge in [-0.15, -0.1) is 0 Å². The fourth-order valence-corrected chi connectivity index (χ4v) is 2.81. The van der Waals surface area contributed by atoms with E-state index in [9.17, 15) is 19.7 Å². The van der Waals surface area contributed by atoms with Crippen LogP contribution in [0.15, 0.2) is 36.4 Å². The normalized spacial score (nSPS) is 12.8. The summed E-state index contributed by atoms with van der Waals surface area (Å²) < 4.78 is 10.0. The second-order valence-corrected chi connectivity index (χ2v) is 6.07. The Morgan fingerprint density at radius 3 is 2.85 bits per heavy atom. The minimum Gasteiger partial charge on any atom is -0.490 e. The van der Waals surface area contributed by atoms with Crippen LogP contribution in [0.1, 0.15) is 0 Å². The van der Waals surface area contributed by atoms with Crippen molar-refractivity contribution in [3.05, 3.63) is 51.5 Å². The fourth-order valence-electron chi connectivity index (χ4n) is 2.65. The predicted molar refractivity (Wildman–Crippen MR) is 97.6 cm³/mol. The summed E-state index contributed by atoms with van der Waals surface area (Å²) in [6, 6.07) is 8.79. The zero-order chi connectivity index (χ0) is 19.6. The first-order valence-corrected chi connectivity index (χ1v) is 8.12. The maximum atomic E-state index is 12.4. The van der Waals surface area contributed by atoms with E-state index in [0.717, 1.165) is 0 Å². The van der Waals surface area contributed by atoms with Gasteiger partial charge >= 0.3 is 11.7 Å². The molecule has 0 atom stereocenters. The first kappa shape index (κ1) is 18.5. The van der Waals surface area contributed by atoms with E-state index >= 15 is 0 Å². The molecule has 140 valence electrons. The Hall–Kier alpha value is -3.33. The molecule has 0 aromatic heterocycles. The first-order chi connectivity index (χ1) is 12.9. The quantitative estimate of drug-likeness (QED) is 0.361. The standard InChI is InChI=1S/C17H14ClN3O6/c1-26-14-5-3-11(7-13(14)21(24)25)19-16(22)8-20-9-17(23)27-15-4-2-10(18)6-12(15)20/h2-7H,8-9H2,1H3,(H,19,22). The number of rotatable bonds is 5. The van der Waals surface area contributed by atoms with Gasteiger partial charge in [0.1, 0.15) is 6.54 Å². The molecular formula is C17H14ClN3O6. The van der Waals surface area contributed by atoms with E-state index in [1.54, 1.807) is 18.2 Å². The predicted octanol–water partition coefficient (Wildman–Crippen LogP) is 2.62. The van der Waals surface area contributed by atoms with Crippen molar-refractivity contribution in [2.24, 2.45) is 0 Å². The maximum Gasteiger partial charge on any atom is 0.331 e. The third kappa shape index (κ3) is 4.09. The van der Waals surface area contributed by atoms with Crippen molar-refractivity contribution in [3.63, 3.8) is 0 Å². The maximum absolute atomic E-state index is 12.4. The average Bonchev–Trinajstić information content (AvgIpc) is 2.62. The Kier molecular flexibility index (Phi) is 5.13. The van der Waals surface area contributed by atoms with Crippen LogP contribution in [0.4, 0.5) is 17.1 Å². The zero-order valence-corrected chi connectivity index (χ0v) is 14.9. The van der Waals surface area contributed by atoms with Crippen LogP contribution in [0.2, 0.25) is 5.02 Å². The highest BCUT2D eigenvalue weighted by Crippen LogP contribution is 2.34. The lowest BCUT2D eigenvalue weighted by Gasteiger charge is -2.29. The number of nitro groups is 1. The van der Waals surface area contributed by atoms with Crippen LogP contribution in [0.25, 0.3) is 0 Å². The summed E-state index contributed by atoms with van der Waals surface area (Å²) in [6.07, 6.45) is 0. The number of methoxy groups -OCH3 is 1. The molecule has 27 heavy (non-hydrogen) atoms. The summed E-state index contributed by atoms with van der Waals surface area (Å²) >= 11 is 5.98. The van der Waals surface area contributed by atoms with Gasteiger partial charge in [-0.05, 0) is 30.3 Å². The molecule has 1 aliphatic heterocycles. The van der Waals surface area contributed by atoms with E-state index in [-0.39, 0.29) is 30.2 Å². The molecule has 10 heteroatoms. The van der Waals surface area contributed by atoms with Gasteiger partial charge in [0.05, 0.1) is 24.3 Å². The number of carbonyl (C=O) groups is 2. The zero-order valence-electron chi connectivity index (χ0n) is 14.1. The van der Waals surface area contributed by atoms with Crippen molar-refractivity contribution >= 4 is 40.5 Å². The van der Waals surface area contributed by atoms with Gasteiger partial charge in [0.15, 0.2) is 11.5 Å². The highest BCUT2D eigenvalue weighted by Gasteiger charge is 2.26. The number of nitrogens with one attached hydrogen (secondary N) is 1. The number of esters is 1. The highest BCUT2D eigenvalue weighted by molar-refractivity contribution is 6.31. The third-order valence-electron chi connectivity index (χ3n) is 3.80. The number of nitrogens with zero attached hydrogens (tertiary/aromatic N) is 2. The van der Waals surface area contributed by atoms with Crippen LogP contribution >= 0.6 is 11.6 Å². The van der Waals surface area contributed by atoms with Gasteiger partial charge in [-0.1, -0.05) is 11.6 Å². The average molecular weight is 392 g/mol. The summed E-state index contributed by atoms with van der Waals surface area (Å²) in [4.78, 5) is 36.1. The molecule has 3 rings (SSSR count). The molecule has 0 fully saturated rings. The van der Waals surface area contributed by atoms with E-state index in [0.29, 0.717) is 16.5 Å².